The van der Waals surface area contributed by atoms with Gasteiger partial charge >= 0.3 is 0 Å². The standard InChI is InChI=1S/C24H24N6O3/c1-17-14-21(27-33-17)26-22(31)18-8-7-13-29(16-18)24(32)20-15-25-30(19-9-3-2-4-10-19)23(20)28-11-5-6-12-28/h2-6,9-12,14-15,18H,7-8,13,16H2,1H3,(H,26,27,31). The highest BCUT2D eigenvalue weighted by molar-refractivity contribution is 5.98. The minimum absolute atomic E-state index is 0.143. The first-order valence-electron chi connectivity index (χ1n) is 10.9. The van der Waals surface area contributed by atoms with Crippen molar-refractivity contribution in [1.29, 1.82) is 0 Å². The van der Waals surface area contributed by atoms with Gasteiger partial charge in [0.05, 0.1) is 17.8 Å². The van der Waals surface area contributed by atoms with Crippen molar-refractivity contribution in [3.05, 3.63) is 78.4 Å². The molecule has 33 heavy (non-hydrogen) atoms. The number of hydrogen-bond acceptors (Lipinski definition) is 5. The van der Waals surface area contributed by atoms with E-state index in [2.05, 4.69) is 15.6 Å². The number of aryl methyl sites for hydroxylation is 1. The fraction of sp³-hybridized carbons (Fsp3) is 0.250. The summed E-state index contributed by atoms with van der Waals surface area (Å²) < 4.78 is 8.66. The van der Waals surface area contributed by atoms with Gasteiger partial charge in [0.1, 0.15) is 11.3 Å². The predicted molar refractivity (Wildman–Crippen MR) is 121 cm³/mol. The molecule has 9 heteroatoms. The molecule has 1 aliphatic heterocycles. The van der Waals surface area contributed by atoms with E-state index in [9.17, 15) is 9.59 Å². The number of carbonyl (C=O) groups is 2. The Morgan fingerprint density at radius 1 is 1.12 bits per heavy atom. The lowest BCUT2D eigenvalue weighted by atomic mass is 9.96. The number of amides is 2. The van der Waals surface area contributed by atoms with Crippen molar-refractivity contribution in [3.8, 4) is 11.5 Å². The largest absolute Gasteiger partial charge is 0.360 e. The van der Waals surface area contributed by atoms with Crippen LogP contribution in [0.1, 0.15) is 29.0 Å². The summed E-state index contributed by atoms with van der Waals surface area (Å²) >= 11 is 0. The smallest absolute Gasteiger partial charge is 0.259 e. The van der Waals surface area contributed by atoms with E-state index in [4.69, 9.17) is 4.52 Å². The Bertz CT molecular complexity index is 1260. The molecule has 0 saturated carbocycles. The van der Waals surface area contributed by atoms with Crippen LogP contribution in [0.25, 0.3) is 11.5 Å². The highest BCUT2D eigenvalue weighted by Crippen LogP contribution is 2.25. The third kappa shape index (κ3) is 4.17. The quantitative estimate of drug-likeness (QED) is 0.508. The highest BCUT2D eigenvalue weighted by atomic mass is 16.5. The molecule has 1 N–H and O–H groups in total. The van der Waals surface area contributed by atoms with Crippen LogP contribution in [-0.2, 0) is 4.79 Å². The number of rotatable bonds is 5. The molecule has 2 amide bonds. The molecule has 0 bridgehead atoms. The first-order valence-corrected chi connectivity index (χ1v) is 10.9. The van der Waals surface area contributed by atoms with Crippen molar-refractivity contribution < 1.29 is 14.1 Å². The van der Waals surface area contributed by atoms with Crippen molar-refractivity contribution in [1.82, 2.24) is 24.4 Å². The zero-order chi connectivity index (χ0) is 22.8. The minimum atomic E-state index is -0.320. The first kappa shape index (κ1) is 20.7. The number of anilines is 1. The van der Waals surface area contributed by atoms with Gasteiger partial charge in [0, 0.05) is 31.5 Å². The number of likely N-dealkylation sites (tertiary alicyclic amines) is 1. The molecule has 0 radical (unpaired) electrons. The van der Waals surface area contributed by atoms with E-state index in [1.807, 2.05) is 59.4 Å². The minimum Gasteiger partial charge on any atom is -0.360 e. The molecule has 1 atom stereocenters. The average Bonchev–Trinajstić information content (AvgIpc) is 3.60. The van der Waals surface area contributed by atoms with Crippen LogP contribution in [0.5, 0.6) is 0 Å². The molecule has 1 aromatic carbocycles. The highest BCUT2D eigenvalue weighted by Gasteiger charge is 2.31. The second kappa shape index (κ2) is 8.78. The number of nitrogens with one attached hydrogen (secondary N) is 1. The molecule has 3 aromatic heterocycles. The van der Waals surface area contributed by atoms with Crippen molar-refractivity contribution in [2.45, 2.75) is 19.8 Å². The van der Waals surface area contributed by atoms with Crippen LogP contribution in [-0.4, -0.2) is 49.3 Å². The molecular weight excluding hydrogens is 420 g/mol. The van der Waals surface area contributed by atoms with E-state index < -0.39 is 0 Å². The second-order valence-corrected chi connectivity index (χ2v) is 8.12. The van der Waals surface area contributed by atoms with E-state index >= 15 is 0 Å². The van der Waals surface area contributed by atoms with Crippen LogP contribution in [0.15, 0.2) is 71.6 Å². The number of nitrogens with zero attached hydrogens (tertiary/aromatic N) is 5. The molecule has 1 aliphatic rings. The SMILES string of the molecule is Cc1cc(NC(=O)C2CCCN(C(=O)c3cnn(-c4ccccc4)c3-n3cccc3)C2)no1. The number of piperidine rings is 1. The monoisotopic (exact) mass is 444 g/mol. The predicted octanol–water partition coefficient (Wildman–Crippen LogP) is 3.45. The molecule has 1 unspecified atom stereocenters. The Kier molecular flexibility index (Phi) is 5.52. The Morgan fingerprint density at radius 3 is 2.64 bits per heavy atom. The summed E-state index contributed by atoms with van der Waals surface area (Å²) in [6.07, 6.45) is 6.83. The summed E-state index contributed by atoms with van der Waals surface area (Å²) in [6.45, 7) is 2.69. The Morgan fingerprint density at radius 2 is 1.91 bits per heavy atom. The van der Waals surface area contributed by atoms with Gasteiger partial charge in [-0.2, -0.15) is 5.10 Å². The Balaban J connectivity index is 1.40. The van der Waals surface area contributed by atoms with Gasteiger partial charge in [0.15, 0.2) is 11.6 Å². The third-order valence-electron chi connectivity index (χ3n) is 5.78. The molecule has 4 aromatic rings. The van der Waals surface area contributed by atoms with E-state index in [1.54, 1.807) is 28.8 Å². The number of hydrogen-bond donors (Lipinski definition) is 1. The lowest BCUT2D eigenvalue weighted by molar-refractivity contribution is -0.121. The zero-order valence-electron chi connectivity index (χ0n) is 18.2. The summed E-state index contributed by atoms with van der Waals surface area (Å²) in [5, 5.41) is 11.1. The van der Waals surface area contributed by atoms with Crippen molar-refractivity contribution in [2.75, 3.05) is 18.4 Å². The van der Waals surface area contributed by atoms with Gasteiger partial charge in [-0.3, -0.25) is 9.59 Å². The number of benzene rings is 1. The summed E-state index contributed by atoms with van der Waals surface area (Å²) in [4.78, 5) is 28.1. The molecule has 1 saturated heterocycles. The number of carbonyl (C=O) groups excluding carboxylic acids is 2. The molecule has 5 rings (SSSR count). The van der Waals surface area contributed by atoms with Crippen LogP contribution in [0.2, 0.25) is 0 Å². The fourth-order valence-electron chi connectivity index (χ4n) is 4.17. The average molecular weight is 444 g/mol. The van der Waals surface area contributed by atoms with Crippen LogP contribution in [0.3, 0.4) is 0 Å². The van der Waals surface area contributed by atoms with Crippen molar-refractivity contribution in [2.24, 2.45) is 5.92 Å². The number of aromatic nitrogens is 4. The summed E-state index contributed by atoms with van der Waals surface area (Å²) in [7, 11) is 0. The molecule has 0 aliphatic carbocycles. The lowest BCUT2D eigenvalue weighted by Gasteiger charge is -2.32. The van der Waals surface area contributed by atoms with Crippen LogP contribution in [0.4, 0.5) is 5.82 Å². The van der Waals surface area contributed by atoms with Gasteiger partial charge in [-0.1, -0.05) is 23.4 Å². The van der Waals surface area contributed by atoms with E-state index in [0.29, 0.717) is 42.5 Å². The lowest BCUT2D eigenvalue weighted by Crippen LogP contribution is -2.44. The zero-order valence-corrected chi connectivity index (χ0v) is 18.2. The van der Waals surface area contributed by atoms with Crippen LogP contribution in [0, 0.1) is 12.8 Å². The van der Waals surface area contributed by atoms with Crippen molar-refractivity contribution in [3.63, 3.8) is 0 Å². The molecule has 0 spiro atoms. The molecular formula is C24H24N6O3. The first-order chi connectivity index (χ1) is 16.1. The van der Waals surface area contributed by atoms with Gasteiger partial charge in [0.2, 0.25) is 5.91 Å². The number of para-hydroxylation sites is 1. The summed E-state index contributed by atoms with van der Waals surface area (Å²) in [5.74, 6) is 1.06. The normalized spacial score (nSPS) is 16.0. The van der Waals surface area contributed by atoms with Gasteiger partial charge < -0.3 is 19.3 Å². The molecule has 4 heterocycles. The van der Waals surface area contributed by atoms with Crippen LogP contribution < -0.4 is 5.32 Å². The van der Waals surface area contributed by atoms with Gasteiger partial charge in [-0.25, -0.2) is 4.68 Å². The fourth-order valence-corrected chi connectivity index (χ4v) is 4.17. The topological polar surface area (TPSA) is 98.2 Å². The van der Waals surface area contributed by atoms with Gasteiger partial charge in [-0.05, 0) is 44.0 Å². The van der Waals surface area contributed by atoms with E-state index in [0.717, 1.165) is 12.1 Å². The Hall–Kier alpha value is -4.14. The maximum absolute atomic E-state index is 13.6. The summed E-state index contributed by atoms with van der Waals surface area (Å²) in [5.41, 5.74) is 1.35. The maximum atomic E-state index is 13.6. The second-order valence-electron chi connectivity index (χ2n) is 8.12. The Labute approximate surface area is 190 Å². The molecule has 168 valence electrons. The van der Waals surface area contributed by atoms with E-state index in [-0.39, 0.29) is 17.7 Å². The molecule has 1 fully saturated rings. The van der Waals surface area contributed by atoms with Crippen LogP contribution >= 0.6 is 0 Å². The maximum Gasteiger partial charge on any atom is 0.259 e. The van der Waals surface area contributed by atoms with Gasteiger partial charge in [-0.15, -0.1) is 0 Å². The summed E-state index contributed by atoms with van der Waals surface area (Å²) in [6, 6.07) is 15.2. The van der Waals surface area contributed by atoms with E-state index in [1.165, 1.54) is 0 Å². The van der Waals surface area contributed by atoms with Gasteiger partial charge in [0.25, 0.3) is 5.91 Å². The third-order valence-corrected chi connectivity index (χ3v) is 5.78. The van der Waals surface area contributed by atoms with Crippen molar-refractivity contribution >= 4 is 17.6 Å². The molecule has 9 nitrogen and oxygen atoms in total.